The molecule has 2 heterocycles. The van der Waals surface area contributed by atoms with E-state index in [2.05, 4.69) is 6.58 Å². The van der Waals surface area contributed by atoms with Gasteiger partial charge < -0.3 is 14.4 Å². The Labute approximate surface area is 180 Å². The summed E-state index contributed by atoms with van der Waals surface area (Å²) in [6.45, 7) is 7.27. The Morgan fingerprint density at radius 2 is 2.00 bits per heavy atom. The predicted molar refractivity (Wildman–Crippen MR) is 117 cm³/mol. The van der Waals surface area contributed by atoms with Crippen molar-refractivity contribution in [2.45, 2.75) is 26.2 Å². The average Bonchev–Trinajstić information content (AvgIpc) is 3.34. The van der Waals surface area contributed by atoms with Gasteiger partial charge in [-0.25, -0.2) is 0 Å². The number of carbonyl (C=O) groups is 3. The average molecular weight is 431 g/mol. The van der Waals surface area contributed by atoms with Gasteiger partial charge in [-0.15, -0.1) is 6.58 Å². The van der Waals surface area contributed by atoms with E-state index in [1.54, 1.807) is 30.2 Å². The number of imide groups is 1. The molecule has 160 valence electrons. The van der Waals surface area contributed by atoms with Gasteiger partial charge in [-0.05, 0) is 61.7 Å². The molecule has 1 aromatic carbocycles. The normalized spacial score (nSPS) is 17.7. The van der Waals surface area contributed by atoms with E-state index in [-0.39, 0.29) is 17.4 Å². The summed E-state index contributed by atoms with van der Waals surface area (Å²) in [6.07, 6.45) is 5.89. The van der Waals surface area contributed by atoms with E-state index in [0.717, 1.165) is 35.1 Å². The van der Waals surface area contributed by atoms with Crippen LogP contribution in [0.25, 0.3) is 6.08 Å². The summed E-state index contributed by atoms with van der Waals surface area (Å²) in [4.78, 5) is 40.5. The van der Waals surface area contributed by atoms with E-state index in [0.29, 0.717) is 43.2 Å². The lowest BCUT2D eigenvalue weighted by atomic mass is 10.0. The zero-order chi connectivity index (χ0) is 21.7. The fourth-order valence-corrected chi connectivity index (χ4v) is 4.40. The number of likely N-dealkylation sites (tertiary alicyclic amines) is 1. The van der Waals surface area contributed by atoms with Crippen molar-refractivity contribution in [2.75, 3.05) is 33.4 Å². The van der Waals surface area contributed by atoms with Gasteiger partial charge in [0.1, 0.15) is 6.54 Å². The number of hydrogen-bond acceptors (Lipinski definition) is 6. The maximum absolute atomic E-state index is 12.8. The van der Waals surface area contributed by atoms with Crippen LogP contribution in [0.15, 0.2) is 29.7 Å². The molecule has 30 heavy (non-hydrogen) atoms. The van der Waals surface area contributed by atoms with Crippen LogP contribution in [0.5, 0.6) is 11.5 Å². The zero-order valence-electron chi connectivity index (χ0n) is 17.3. The standard InChI is InChI=1S/C22H26N2O5S/c1-4-8-16-11-15(12-17(29-5-2)20(16)28-3)13-18-21(26)24(22(27)30-18)14-19(25)23-9-6-7-10-23/h4,11-13H,1,5-10,14H2,2-3H3/b18-13+. The summed E-state index contributed by atoms with van der Waals surface area (Å²) < 4.78 is 11.2. The molecule has 0 radical (unpaired) electrons. The lowest BCUT2D eigenvalue weighted by molar-refractivity contribution is -0.135. The number of ether oxygens (including phenoxy) is 2. The minimum Gasteiger partial charge on any atom is -0.493 e. The van der Waals surface area contributed by atoms with Crippen LogP contribution in [0.3, 0.4) is 0 Å². The number of carbonyl (C=O) groups excluding carboxylic acids is 3. The molecule has 0 spiro atoms. The molecule has 1 aromatic rings. The molecule has 0 atom stereocenters. The summed E-state index contributed by atoms with van der Waals surface area (Å²) in [7, 11) is 1.58. The van der Waals surface area contributed by atoms with Crippen LogP contribution in [0.2, 0.25) is 0 Å². The Morgan fingerprint density at radius 1 is 1.27 bits per heavy atom. The maximum atomic E-state index is 12.8. The van der Waals surface area contributed by atoms with Gasteiger partial charge in [0.15, 0.2) is 11.5 Å². The van der Waals surface area contributed by atoms with Gasteiger partial charge in [-0.1, -0.05) is 6.08 Å². The monoisotopic (exact) mass is 430 g/mol. The molecule has 2 aliphatic rings. The van der Waals surface area contributed by atoms with E-state index in [1.807, 2.05) is 13.0 Å². The fourth-order valence-electron chi connectivity index (χ4n) is 3.56. The molecule has 3 rings (SSSR count). The molecule has 7 nitrogen and oxygen atoms in total. The van der Waals surface area contributed by atoms with Gasteiger partial charge in [0, 0.05) is 18.7 Å². The van der Waals surface area contributed by atoms with Crippen LogP contribution in [-0.2, 0) is 16.0 Å². The highest BCUT2D eigenvalue weighted by atomic mass is 32.2. The summed E-state index contributed by atoms with van der Waals surface area (Å²) in [5, 5.41) is -0.427. The molecule has 0 bridgehead atoms. The Bertz CT molecular complexity index is 890. The number of benzene rings is 1. The SMILES string of the molecule is C=CCc1cc(/C=C2/SC(=O)N(CC(=O)N3CCCC3)C2=O)cc(OCC)c1OC. The first-order valence-electron chi connectivity index (χ1n) is 9.96. The number of thioether (sulfide) groups is 1. The first kappa shape index (κ1) is 22.0. The largest absolute Gasteiger partial charge is 0.493 e. The van der Waals surface area contributed by atoms with Crippen LogP contribution in [0.1, 0.15) is 30.9 Å². The first-order chi connectivity index (χ1) is 14.5. The Morgan fingerprint density at radius 3 is 2.63 bits per heavy atom. The van der Waals surface area contributed by atoms with Crippen LogP contribution >= 0.6 is 11.8 Å². The third kappa shape index (κ3) is 4.70. The third-order valence-corrected chi connectivity index (χ3v) is 5.85. The van der Waals surface area contributed by atoms with E-state index in [4.69, 9.17) is 9.47 Å². The molecular formula is C22H26N2O5S. The number of nitrogens with zero attached hydrogens (tertiary/aromatic N) is 2. The highest BCUT2D eigenvalue weighted by Crippen LogP contribution is 2.37. The van der Waals surface area contributed by atoms with E-state index < -0.39 is 11.1 Å². The number of amides is 3. The van der Waals surface area contributed by atoms with E-state index >= 15 is 0 Å². The van der Waals surface area contributed by atoms with Crippen molar-refractivity contribution in [1.82, 2.24) is 9.80 Å². The van der Waals surface area contributed by atoms with Crippen LogP contribution < -0.4 is 9.47 Å². The van der Waals surface area contributed by atoms with Crippen molar-refractivity contribution in [2.24, 2.45) is 0 Å². The molecule has 2 saturated heterocycles. The quantitative estimate of drug-likeness (QED) is 0.464. The second-order valence-corrected chi connectivity index (χ2v) is 7.99. The number of allylic oxidation sites excluding steroid dienone is 1. The molecule has 0 saturated carbocycles. The Balaban J connectivity index is 1.85. The smallest absolute Gasteiger partial charge is 0.294 e. The van der Waals surface area contributed by atoms with E-state index in [1.165, 1.54) is 0 Å². The molecular weight excluding hydrogens is 404 g/mol. The van der Waals surface area contributed by atoms with Gasteiger partial charge in [0.2, 0.25) is 5.91 Å². The van der Waals surface area contributed by atoms with Crippen LogP contribution in [-0.4, -0.2) is 60.2 Å². The number of methoxy groups -OCH3 is 1. The molecule has 3 amide bonds. The topological polar surface area (TPSA) is 76.2 Å². The van der Waals surface area contributed by atoms with E-state index in [9.17, 15) is 14.4 Å². The van der Waals surface area contributed by atoms with Crippen molar-refractivity contribution in [3.8, 4) is 11.5 Å². The Kier molecular flexibility index (Phi) is 7.20. The van der Waals surface area contributed by atoms with Crippen molar-refractivity contribution in [3.63, 3.8) is 0 Å². The van der Waals surface area contributed by atoms with Gasteiger partial charge in [-0.3, -0.25) is 19.3 Å². The molecule has 2 aliphatic heterocycles. The van der Waals surface area contributed by atoms with Crippen LogP contribution in [0.4, 0.5) is 4.79 Å². The van der Waals surface area contributed by atoms with Gasteiger partial charge >= 0.3 is 0 Å². The summed E-state index contributed by atoms with van der Waals surface area (Å²) in [5.41, 5.74) is 1.58. The molecule has 8 heteroatoms. The highest BCUT2D eigenvalue weighted by molar-refractivity contribution is 8.18. The first-order valence-corrected chi connectivity index (χ1v) is 10.8. The molecule has 0 N–H and O–H groups in total. The fraction of sp³-hybridized carbons (Fsp3) is 0.409. The summed E-state index contributed by atoms with van der Waals surface area (Å²) in [6, 6.07) is 3.66. The molecule has 0 aliphatic carbocycles. The highest BCUT2D eigenvalue weighted by Gasteiger charge is 2.37. The number of hydrogen-bond donors (Lipinski definition) is 0. The van der Waals surface area contributed by atoms with Crippen LogP contribution in [0, 0.1) is 0 Å². The minimum atomic E-state index is -0.448. The summed E-state index contributed by atoms with van der Waals surface area (Å²) >= 11 is 0.845. The second kappa shape index (κ2) is 9.84. The Hall–Kier alpha value is -2.74. The lowest BCUT2D eigenvalue weighted by Gasteiger charge is -2.18. The second-order valence-electron chi connectivity index (χ2n) is 6.99. The number of rotatable bonds is 8. The van der Waals surface area contributed by atoms with Gasteiger partial charge in [0.05, 0.1) is 18.6 Å². The predicted octanol–water partition coefficient (Wildman–Crippen LogP) is 3.48. The van der Waals surface area contributed by atoms with Crippen molar-refractivity contribution in [1.29, 1.82) is 0 Å². The molecule has 2 fully saturated rings. The summed E-state index contributed by atoms with van der Waals surface area (Å²) in [5.74, 6) is 0.552. The molecule has 0 unspecified atom stereocenters. The van der Waals surface area contributed by atoms with Crippen molar-refractivity contribution in [3.05, 3.63) is 40.8 Å². The van der Waals surface area contributed by atoms with Gasteiger partial charge in [0.25, 0.3) is 11.1 Å². The lowest BCUT2D eigenvalue weighted by Crippen LogP contribution is -2.40. The zero-order valence-corrected chi connectivity index (χ0v) is 18.1. The van der Waals surface area contributed by atoms with Crippen molar-refractivity contribution < 1.29 is 23.9 Å². The minimum absolute atomic E-state index is 0.188. The van der Waals surface area contributed by atoms with Crippen molar-refractivity contribution >= 4 is 34.9 Å². The maximum Gasteiger partial charge on any atom is 0.294 e. The van der Waals surface area contributed by atoms with Gasteiger partial charge in [-0.2, -0.15) is 0 Å². The third-order valence-electron chi connectivity index (χ3n) is 4.95. The molecule has 0 aromatic heterocycles.